The molecule has 0 spiro atoms. The first-order chi connectivity index (χ1) is 10.9. The molecule has 0 saturated carbocycles. The lowest BCUT2D eigenvalue weighted by Crippen LogP contribution is -2.35. The van der Waals surface area contributed by atoms with Gasteiger partial charge in [0.25, 0.3) is 0 Å². The van der Waals surface area contributed by atoms with Gasteiger partial charge in [-0.05, 0) is 40.3 Å². The first kappa shape index (κ1) is 21.7. The number of unbranched alkanes of at least 4 members (excludes halogenated alkanes) is 1. The van der Waals surface area contributed by atoms with Crippen LogP contribution in [-0.2, 0) is 14.3 Å². The van der Waals surface area contributed by atoms with Gasteiger partial charge >= 0.3 is 12.1 Å². The van der Waals surface area contributed by atoms with Crippen LogP contribution in [-0.4, -0.2) is 55.9 Å². The minimum absolute atomic E-state index is 0.196. The summed E-state index contributed by atoms with van der Waals surface area (Å²) in [6, 6.07) is 0. The first-order valence-electron chi connectivity index (χ1n) is 8.37. The highest BCUT2D eigenvalue weighted by Gasteiger charge is 2.17. The first-order valence-corrected chi connectivity index (χ1v) is 8.37. The zero-order valence-electron chi connectivity index (χ0n) is 14.8. The van der Waals surface area contributed by atoms with E-state index in [4.69, 9.17) is 9.47 Å². The number of carbonyl (C=O) groups excluding carboxylic acids is 2. The van der Waals surface area contributed by atoms with Gasteiger partial charge in [-0.15, -0.1) is 0 Å². The number of esters is 1. The Hall–Kier alpha value is -1.30. The van der Waals surface area contributed by atoms with E-state index in [1.54, 1.807) is 0 Å². The quantitative estimate of drug-likeness (QED) is 0.558. The van der Waals surface area contributed by atoms with Gasteiger partial charge in [-0.2, -0.15) is 0 Å². The minimum Gasteiger partial charge on any atom is -0.462 e. The van der Waals surface area contributed by atoms with Crippen LogP contribution in [0.15, 0.2) is 0 Å². The lowest BCUT2D eigenvalue weighted by atomic mass is 10.1. The molecule has 0 bridgehead atoms. The maximum absolute atomic E-state index is 11.8. The van der Waals surface area contributed by atoms with Gasteiger partial charge in [-0.3, -0.25) is 4.79 Å². The highest BCUT2D eigenvalue weighted by Crippen LogP contribution is 2.12. The van der Waals surface area contributed by atoms with Crippen LogP contribution in [0.25, 0.3) is 0 Å². The Morgan fingerprint density at radius 3 is 2.43 bits per heavy atom. The van der Waals surface area contributed by atoms with E-state index in [9.17, 15) is 9.59 Å². The molecule has 0 heterocycles. The van der Waals surface area contributed by atoms with Crippen molar-refractivity contribution in [1.29, 1.82) is 0 Å². The summed E-state index contributed by atoms with van der Waals surface area (Å²) in [7, 11) is 1.99. The lowest BCUT2D eigenvalue weighted by Gasteiger charge is -2.19. The predicted octanol–water partition coefficient (Wildman–Crippen LogP) is 2.58. The summed E-state index contributed by atoms with van der Waals surface area (Å²) in [5.41, 5.74) is 0. The van der Waals surface area contributed by atoms with E-state index in [1.807, 2.05) is 7.05 Å². The monoisotopic (exact) mass is 328 g/mol. The van der Waals surface area contributed by atoms with Crippen molar-refractivity contribution in [1.82, 2.24) is 10.2 Å². The van der Waals surface area contributed by atoms with Crippen molar-refractivity contribution in [2.45, 2.75) is 58.2 Å². The molecule has 0 aromatic rings. The average Bonchev–Trinajstić information content (AvgIpc) is 2.49. The van der Waals surface area contributed by atoms with Crippen molar-refractivity contribution in [2.75, 3.05) is 26.7 Å². The van der Waals surface area contributed by atoms with E-state index in [-0.39, 0.29) is 18.5 Å². The second-order valence-corrected chi connectivity index (χ2v) is 5.64. The Kier molecular flexibility index (Phi) is 12.4. The topological polar surface area (TPSA) is 67.9 Å². The molecule has 1 amide bonds. The fourth-order valence-corrected chi connectivity index (χ4v) is 1.92. The maximum Gasteiger partial charge on any atom is 0.407 e. The van der Waals surface area contributed by atoms with Crippen LogP contribution >= 0.6 is 0 Å². The summed E-state index contributed by atoms with van der Waals surface area (Å²) in [5.74, 6) is -0.366. The standard InChI is InChI=1S/C17H32N2O4/c1-6-8-9-15(10-11-16(20)22-14(3)4)23-17(21)18-12-13-19(5)7-2/h14-15H,3-4,6-13H2,1-2,5H3,(H,18,21). The Morgan fingerprint density at radius 2 is 1.87 bits per heavy atom. The van der Waals surface area contributed by atoms with Crippen LogP contribution in [0.1, 0.15) is 46.0 Å². The molecule has 0 aromatic heterocycles. The van der Waals surface area contributed by atoms with Gasteiger partial charge < -0.3 is 19.7 Å². The van der Waals surface area contributed by atoms with E-state index in [2.05, 4.69) is 37.9 Å². The summed E-state index contributed by atoms with van der Waals surface area (Å²) in [6.07, 6.45) is 2.01. The summed E-state index contributed by atoms with van der Waals surface area (Å²) in [5, 5.41) is 2.74. The highest BCUT2D eigenvalue weighted by atomic mass is 16.6. The Labute approximate surface area is 140 Å². The van der Waals surface area contributed by atoms with Gasteiger partial charge in [-0.25, -0.2) is 4.79 Å². The fraction of sp³-hybridized carbons (Fsp3) is 0.765. The SMILES string of the molecule is [CH2]C([CH2])OC(=O)CCC(CCCC)OC(=O)NCCN(C)CC. The smallest absolute Gasteiger partial charge is 0.407 e. The molecule has 0 aliphatic heterocycles. The second kappa shape index (κ2) is 13.2. The minimum atomic E-state index is -0.614. The lowest BCUT2D eigenvalue weighted by molar-refractivity contribution is -0.146. The zero-order chi connectivity index (χ0) is 17.7. The van der Waals surface area contributed by atoms with Crippen molar-refractivity contribution in [2.24, 2.45) is 0 Å². The molecule has 0 rings (SSSR count). The fourth-order valence-electron chi connectivity index (χ4n) is 1.92. The number of alkyl carbamates (subject to hydrolysis) is 1. The van der Waals surface area contributed by atoms with Crippen LogP contribution in [0.4, 0.5) is 4.79 Å². The number of likely N-dealkylation sites (N-methyl/N-ethyl adjacent to an activating group) is 1. The van der Waals surface area contributed by atoms with Crippen LogP contribution < -0.4 is 5.32 Å². The summed E-state index contributed by atoms with van der Waals surface area (Å²) in [6.45, 7) is 13.4. The molecule has 1 unspecified atom stereocenters. The summed E-state index contributed by atoms with van der Waals surface area (Å²) < 4.78 is 10.3. The van der Waals surface area contributed by atoms with Crippen molar-refractivity contribution in [3.05, 3.63) is 13.8 Å². The van der Waals surface area contributed by atoms with Crippen molar-refractivity contribution in [3.63, 3.8) is 0 Å². The number of amides is 1. The normalized spacial score (nSPS) is 12.3. The van der Waals surface area contributed by atoms with Crippen molar-refractivity contribution < 1.29 is 19.1 Å². The molecule has 0 fully saturated rings. The third-order valence-electron chi connectivity index (χ3n) is 3.42. The van der Waals surface area contributed by atoms with E-state index < -0.39 is 12.2 Å². The molecule has 0 aromatic carbocycles. The number of hydrogen-bond acceptors (Lipinski definition) is 5. The molecule has 1 N–H and O–H groups in total. The van der Waals surface area contributed by atoms with Gasteiger partial charge in [0.1, 0.15) is 12.2 Å². The van der Waals surface area contributed by atoms with Crippen LogP contribution in [0.5, 0.6) is 0 Å². The molecular weight excluding hydrogens is 296 g/mol. The van der Waals surface area contributed by atoms with E-state index in [0.717, 1.165) is 32.4 Å². The number of hydrogen-bond donors (Lipinski definition) is 1. The molecule has 6 nitrogen and oxygen atoms in total. The van der Waals surface area contributed by atoms with Gasteiger partial charge in [0.15, 0.2) is 0 Å². The van der Waals surface area contributed by atoms with E-state index in [1.165, 1.54) is 0 Å². The second-order valence-electron chi connectivity index (χ2n) is 5.64. The number of ether oxygens (including phenoxy) is 2. The number of nitrogens with one attached hydrogen (secondary N) is 1. The number of nitrogens with zero attached hydrogens (tertiary/aromatic N) is 1. The average molecular weight is 328 g/mol. The Balaban J connectivity index is 4.16. The third kappa shape index (κ3) is 12.9. The molecule has 0 saturated heterocycles. The molecule has 0 aliphatic rings. The maximum atomic E-state index is 11.8. The number of carbonyl (C=O) groups is 2. The van der Waals surface area contributed by atoms with E-state index in [0.29, 0.717) is 13.0 Å². The third-order valence-corrected chi connectivity index (χ3v) is 3.42. The van der Waals surface area contributed by atoms with Gasteiger partial charge in [-0.1, -0.05) is 26.7 Å². The largest absolute Gasteiger partial charge is 0.462 e. The zero-order valence-corrected chi connectivity index (χ0v) is 14.8. The Morgan fingerprint density at radius 1 is 1.17 bits per heavy atom. The van der Waals surface area contributed by atoms with Gasteiger partial charge in [0, 0.05) is 19.5 Å². The molecular formula is C17H32N2O4. The van der Waals surface area contributed by atoms with Crippen molar-refractivity contribution in [3.8, 4) is 0 Å². The molecule has 0 aliphatic carbocycles. The van der Waals surface area contributed by atoms with Crippen LogP contribution in [0.2, 0.25) is 0 Å². The van der Waals surface area contributed by atoms with Gasteiger partial charge in [0.2, 0.25) is 0 Å². The summed E-state index contributed by atoms with van der Waals surface area (Å²) >= 11 is 0. The number of rotatable bonds is 12. The molecule has 2 radical (unpaired) electrons. The van der Waals surface area contributed by atoms with Gasteiger partial charge in [0.05, 0.1) is 0 Å². The molecule has 1 atom stereocenters. The predicted molar refractivity (Wildman–Crippen MR) is 90.8 cm³/mol. The van der Waals surface area contributed by atoms with Crippen LogP contribution in [0, 0.1) is 13.8 Å². The van der Waals surface area contributed by atoms with Crippen LogP contribution in [0.3, 0.4) is 0 Å². The molecule has 23 heavy (non-hydrogen) atoms. The Bertz CT molecular complexity index is 335. The summed E-state index contributed by atoms with van der Waals surface area (Å²) in [4.78, 5) is 25.5. The molecule has 134 valence electrons. The van der Waals surface area contributed by atoms with Crippen molar-refractivity contribution >= 4 is 12.1 Å². The van der Waals surface area contributed by atoms with E-state index >= 15 is 0 Å². The highest BCUT2D eigenvalue weighted by molar-refractivity contribution is 5.70. The molecule has 6 heteroatoms.